The summed E-state index contributed by atoms with van der Waals surface area (Å²) in [6.45, 7) is 4.31. The number of aromatic nitrogens is 2. The summed E-state index contributed by atoms with van der Waals surface area (Å²) >= 11 is 0. The molecule has 148 valence electrons. The molecule has 6 nitrogen and oxygen atoms in total. The molecule has 1 aliphatic rings. The molecule has 1 fully saturated rings. The van der Waals surface area contributed by atoms with Crippen molar-refractivity contribution in [1.82, 2.24) is 15.3 Å². The summed E-state index contributed by atoms with van der Waals surface area (Å²) in [5.41, 5.74) is 2.31. The fourth-order valence-electron chi connectivity index (χ4n) is 3.34. The van der Waals surface area contributed by atoms with E-state index in [-0.39, 0.29) is 5.91 Å². The number of amides is 1. The van der Waals surface area contributed by atoms with Gasteiger partial charge in [-0.05, 0) is 62.2 Å². The van der Waals surface area contributed by atoms with Gasteiger partial charge in [0.05, 0.1) is 12.2 Å². The second-order valence-corrected chi connectivity index (χ2v) is 7.12. The number of anilines is 1. The first-order valence-electron chi connectivity index (χ1n) is 9.88. The van der Waals surface area contributed by atoms with Gasteiger partial charge >= 0.3 is 0 Å². The van der Waals surface area contributed by atoms with Gasteiger partial charge in [0.15, 0.2) is 0 Å². The molecule has 0 bridgehead atoms. The van der Waals surface area contributed by atoms with Gasteiger partial charge in [-0.25, -0.2) is 9.97 Å². The average molecular weight is 388 g/mol. The van der Waals surface area contributed by atoms with Gasteiger partial charge in [0.1, 0.15) is 11.5 Å². The van der Waals surface area contributed by atoms with Crippen LogP contribution in [0.1, 0.15) is 34.6 Å². The van der Waals surface area contributed by atoms with E-state index in [4.69, 9.17) is 4.74 Å². The highest BCUT2D eigenvalue weighted by atomic mass is 16.5. The Morgan fingerprint density at radius 1 is 1.00 bits per heavy atom. The highest BCUT2D eigenvalue weighted by Gasteiger charge is 2.16. The molecular formula is C23H24N4O2. The molecule has 29 heavy (non-hydrogen) atoms. The number of rotatable bonds is 6. The number of aryl methyl sites for hydroxylation is 1. The van der Waals surface area contributed by atoms with Gasteiger partial charge in [-0.2, -0.15) is 0 Å². The lowest BCUT2D eigenvalue weighted by Crippen LogP contribution is -2.25. The van der Waals surface area contributed by atoms with Crippen LogP contribution in [0.25, 0.3) is 0 Å². The van der Waals surface area contributed by atoms with Crippen LogP contribution in [-0.4, -0.2) is 29.0 Å². The Morgan fingerprint density at radius 2 is 1.69 bits per heavy atom. The molecular weight excluding hydrogens is 364 g/mol. The molecule has 0 spiro atoms. The van der Waals surface area contributed by atoms with E-state index in [1.165, 1.54) is 12.8 Å². The van der Waals surface area contributed by atoms with Crippen LogP contribution in [0.15, 0.2) is 60.7 Å². The van der Waals surface area contributed by atoms with Crippen molar-refractivity contribution in [2.45, 2.75) is 26.3 Å². The van der Waals surface area contributed by atoms with Crippen LogP contribution in [0, 0.1) is 6.92 Å². The van der Waals surface area contributed by atoms with Crippen molar-refractivity contribution in [2.75, 3.05) is 18.0 Å². The van der Waals surface area contributed by atoms with Crippen LogP contribution in [0.2, 0.25) is 0 Å². The molecule has 1 amide bonds. The molecule has 0 aliphatic carbocycles. The van der Waals surface area contributed by atoms with Crippen LogP contribution >= 0.6 is 0 Å². The zero-order chi connectivity index (χ0) is 20.1. The van der Waals surface area contributed by atoms with Crippen molar-refractivity contribution < 1.29 is 9.53 Å². The molecule has 3 aromatic rings. The molecule has 2 aromatic carbocycles. The Hall–Kier alpha value is -3.41. The van der Waals surface area contributed by atoms with E-state index < -0.39 is 0 Å². The molecule has 1 saturated heterocycles. The first-order valence-corrected chi connectivity index (χ1v) is 9.88. The number of para-hydroxylation sites is 1. The van der Waals surface area contributed by atoms with Crippen LogP contribution in [-0.2, 0) is 6.54 Å². The summed E-state index contributed by atoms with van der Waals surface area (Å²) in [6.07, 6.45) is 2.35. The number of nitrogens with zero attached hydrogens (tertiary/aromatic N) is 3. The molecule has 0 saturated carbocycles. The number of benzene rings is 2. The number of nitrogens with one attached hydrogen (secondary N) is 1. The van der Waals surface area contributed by atoms with Crippen LogP contribution < -0.4 is 15.0 Å². The van der Waals surface area contributed by atoms with Crippen LogP contribution in [0.4, 0.5) is 5.95 Å². The third kappa shape index (κ3) is 4.90. The fourth-order valence-corrected chi connectivity index (χ4v) is 3.34. The van der Waals surface area contributed by atoms with Crippen molar-refractivity contribution in [3.8, 4) is 11.5 Å². The Balaban J connectivity index is 1.37. The summed E-state index contributed by atoms with van der Waals surface area (Å²) < 4.78 is 5.76. The number of hydrogen-bond donors (Lipinski definition) is 1. The predicted molar refractivity (Wildman–Crippen MR) is 112 cm³/mol. The van der Waals surface area contributed by atoms with Crippen molar-refractivity contribution in [3.05, 3.63) is 77.6 Å². The molecule has 0 atom stereocenters. The van der Waals surface area contributed by atoms with Crippen molar-refractivity contribution in [1.29, 1.82) is 0 Å². The van der Waals surface area contributed by atoms with E-state index in [2.05, 4.69) is 20.2 Å². The summed E-state index contributed by atoms with van der Waals surface area (Å²) in [5, 5.41) is 2.94. The highest BCUT2D eigenvalue weighted by Crippen LogP contribution is 2.21. The van der Waals surface area contributed by atoms with E-state index in [1.54, 1.807) is 24.3 Å². The standard InChI is InChI=1S/C23H24N4O2/c1-17-15-19(26-23(25-17)27-13-5-6-14-27)16-24-22(28)18-9-11-21(12-10-18)29-20-7-3-2-4-8-20/h2-4,7-12,15H,5-6,13-14,16H2,1H3,(H,24,28). The Bertz CT molecular complexity index is 968. The van der Waals surface area contributed by atoms with Gasteiger partial charge in [0.2, 0.25) is 5.95 Å². The van der Waals surface area contributed by atoms with Gasteiger partial charge in [-0.3, -0.25) is 4.79 Å². The summed E-state index contributed by atoms with van der Waals surface area (Å²) in [6, 6.07) is 18.6. The zero-order valence-electron chi connectivity index (χ0n) is 16.5. The van der Waals surface area contributed by atoms with E-state index in [0.29, 0.717) is 17.9 Å². The minimum atomic E-state index is -0.143. The molecule has 4 rings (SSSR count). The summed E-state index contributed by atoms with van der Waals surface area (Å²) in [4.78, 5) is 23.9. The quantitative estimate of drug-likeness (QED) is 0.688. The topological polar surface area (TPSA) is 67.3 Å². The van der Waals surface area contributed by atoms with E-state index in [1.807, 2.05) is 43.3 Å². The fraction of sp³-hybridized carbons (Fsp3) is 0.261. The van der Waals surface area contributed by atoms with Crippen molar-refractivity contribution >= 4 is 11.9 Å². The number of carbonyl (C=O) groups excluding carboxylic acids is 1. The second-order valence-electron chi connectivity index (χ2n) is 7.12. The molecule has 0 radical (unpaired) electrons. The lowest BCUT2D eigenvalue weighted by Gasteiger charge is -2.16. The molecule has 1 N–H and O–H groups in total. The van der Waals surface area contributed by atoms with E-state index in [9.17, 15) is 4.79 Å². The second kappa shape index (κ2) is 8.73. The first kappa shape index (κ1) is 18.9. The minimum absolute atomic E-state index is 0.143. The van der Waals surface area contributed by atoms with E-state index in [0.717, 1.165) is 36.2 Å². The monoisotopic (exact) mass is 388 g/mol. The third-order valence-corrected chi connectivity index (χ3v) is 4.81. The summed E-state index contributed by atoms with van der Waals surface area (Å²) in [5.74, 6) is 2.07. The Morgan fingerprint density at radius 3 is 2.41 bits per heavy atom. The molecule has 0 unspecified atom stereocenters. The van der Waals surface area contributed by atoms with Crippen LogP contribution in [0.3, 0.4) is 0 Å². The third-order valence-electron chi connectivity index (χ3n) is 4.81. The van der Waals surface area contributed by atoms with Crippen molar-refractivity contribution in [3.63, 3.8) is 0 Å². The SMILES string of the molecule is Cc1cc(CNC(=O)c2ccc(Oc3ccccc3)cc2)nc(N2CCCC2)n1. The molecule has 6 heteroatoms. The minimum Gasteiger partial charge on any atom is -0.457 e. The number of carbonyl (C=O) groups is 1. The number of hydrogen-bond acceptors (Lipinski definition) is 5. The number of ether oxygens (including phenoxy) is 1. The smallest absolute Gasteiger partial charge is 0.251 e. The molecule has 1 aliphatic heterocycles. The van der Waals surface area contributed by atoms with Gasteiger partial charge in [0, 0.05) is 24.3 Å². The van der Waals surface area contributed by atoms with Gasteiger partial charge in [-0.15, -0.1) is 0 Å². The van der Waals surface area contributed by atoms with Gasteiger partial charge in [-0.1, -0.05) is 18.2 Å². The van der Waals surface area contributed by atoms with Crippen molar-refractivity contribution in [2.24, 2.45) is 0 Å². The molecule has 1 aromatic heterocycles. The average Bonchev–Trinajstić information content (AvgIpc) is 3.28. The normalized spacial score (nSPS) is 13.3. The summed E-state index contributed by atoms with van der Waals surface area (Å²) in [7, 11) is 0. The Kier molecular flexibility index (Phi) is 5.70. The van der Waals surface area contributed by atoms with Crippen LogP contribution in [0.5, 0.6) is 11.5 Å². The maximum absolute atomic E-state index is 12.5. The van der Waals surface area contributed by atoms with Gasteiger partial charge < -0.3 is 15.0 Å². The molecule has 2 heterocycles. The lowest BCUT2D eigenvalue weighted by molar-refractivity contribution is 0.0950. The maximum atomic E-state index is 12.5. The van der Waals surface area contributed by atoms with E-state index >= 15 is 0 Å². The maximum Gasteiger partial charge on any atom is 0.251 e. The zero-order valence-corrected chi connectivity index (χ0v) is 16.5. The predicted octanol–water partition coefficient (Wildman–Crippen LogP) is 4.11. The first-order chi connectivity index (χ1) is 14.2. The Labute approximate surface area is 170 Å². The lowest BCUT2D eigenvalue weighted by atomic mass is 10.2. The highest BCUT2D eigenvalue weighted by molar-refractivity contribution is 5.94. The largest absolute Gasteiger partial charge is 0.457 e. The van der Waals surface area contributed by atoms with Gasteiger partial charge in [0.25, 0.3) is 5.91 Å².